The van der Waals surface area contributed by atoms with Crippen LogP contribution in [-0.4, -0.2) is 38.1 Å². The molecule has 1 aliphatic heterocycles. The molecule has 0 amide bonds. The van der Waals surface area contributed by atoms with E-state index in [0.29, 0.717) is 13.2 Å². The Morgan fingerprint density at radius 1 is 0.590 bits per heavy atom. The molecule has 8 heteroatoms. The molecule has 0 aromatic heterocycles. The number of thioether (sulfide) groups is 3. The van der Waals surface area contributed by atoms with Gasteiger partial charge in [-0.3, -0.25) is 0 Å². The summed E-state index contributed by atoms with van der Waals surface area (Å²) in [5.74, 6) is 0. The zero-order chi connectivity index (χ0) is 27.0. The van der Waals surface area contributed by atoms with Crippen molar-refractivity contribution in [3.8, 4) is 0 Å². The second-order valence-corrected chi connectivity index (χ2v) is 14.7. The van der Waals surface area contributed by atoms with Crippen molar-refractivity contribution in [2.75, 3.05) is 32.0 Å². The number of hydrogen-bond acceptors (Lipinski definition) is 8. The smallest absolute Gasteiger partial charge is 0.104 e. The van der Waals surface area contributed by atoms with E-state index in [9.17, 15) is 0 Å². The molecular weight excluding hydrogens is 597 g/mol. The van der Waals surface area contributed by atoms with Gasteiger partial charge in [0, 0.05) is 49.6 Å². The molecule has 202 valence electrons. The number of benzene rings is 4. The molecule has 4 aromatic rings. The molecule has 0 N–H and O–H groups in total. The Labute approximate surface area is 257 Å². The van der Waals surface area contributed by atoms with Crippen molar-refractivity contribution in [1.29, 1.82) is 0 Å². The van der Waals surface area contributed by atoms with Gasteiger partial charge in [-0.15, -0.1) is 35.3 Å². The summed E-state index contributed by atoms with van der Waals surface area (Å²) < 4.78 is 11.6. The van der Waals surface area contributed by atoms with Crippen LogP contribution in [0.3, 0.4) is 0 Å². The maximum absolute atomic E-state index is 6.19. The van der Waals surface area contributed by atoms with E-state index in [4.69, 9.17) is 9.47 Å². The van der Waals surface area contributed by atoms with Crippen molar-refractivity contribution in [2.24, 2.45) is 0 Å². The van der Waals surface area contributed by atoms with Gasteiger partial charge >= 0.3 is 0 Å². The fourth-order valence-corrected chi connectivity index (χ4v) is 8.10. The fourth-order valence-electron chi connectivity index (χ4n) is 3.76. The van der Waals surface area contributed by atoms with Gasteiger partial charge in [0.05, 0.1) is 19.8 Å². The van der Waals surface area contributed by atoms with E-state index < -0.39 is 0 Å². The average Bonchev–Trinajstić information content (AvgIpc) is 3.80. The first-order valence-electron chi connectivity index (χ1n) is 12.5. The lowest BCUT2D eigenvalue weighted by Crippen LogP contribution is -2.04. The molecule has 0 radical (unpaired) electrons. The predicted molar refractivity (Wildman–Crippen MR) is 173 cm³/mol. The summed E-state index contributed by atoms with van der Waals surface area (Å²) in [5, 5.41) is 0. The number of ether oxygens (including phenoxy) is 2. The molecule has 1 unspecified atom stereocenters. The van der Waals surface area contributed by atoms with Crippen molar-refractivity contribution in [2.45, 2.75) is 56.8 Å². The summed E-state index contributed by atoms with van der Waals surface area (Å²) in [4.78, 5) is 11.2. The van der Waals surface area contributed by atoms with Crippen LogP contribution in [0.5, 0.6) is 0 Å². The molecule has 1 fully saturated rings. The molecule has 0 spiro atoms. The normalized spacial score (nSPS) is 14.5. The van der Waals surface area contributed by atoms with Crippen LogP contribution in [-0.2, 0) is 16.1 Å². The Kier molecular flexibility index (Phi) is 11.1. The molecule has 1 aliphatic rings. The zero-order valence-corrected chi connectivity index (χ0v) is 26.9. The summed E-state index contributed by atoms with van der Waals surface area (Å²) in [6.07, 6.45) is 6.59. The second kappa shape index (κ2) is 14.7. The van der Waals surface area contributed by atoms with Crippen molar-refractivity contribution in [3.05, 3.63) is 90.5 Å². The molecule has 1 atom stereocenters. The topological polar surface area (TPSA) is 21.8 Å². The van der Waals surface area contributed by atoms with Crippen molar-refractivity contribution in [1.82, 2.24) is 0 Å². The van der Waals surface area contributed by atoms with Gasteiger partial charge in [0.1, 0.15) is 6.10 Å². The highest BCUT2D eigenvalue weighted by Crippen LogP contribution is 2.43. The van der Waals surface area contributed by atoms with Gasteiger partial charge in [-0.05, 0) is 104 Å². The maximum atomic E-state index is 6.19. The van der Waals surface area contributed by atoms with Crippen molar-refractivity contribution >= 4 is 70.6 Å². The lowest BCUT2D eigenvalue weighted by atomic mass is 10.2. The van der Waals surface area contributed by atoms with Crippen molar-refractivity contribution < 1.29 is 9.47 Å². The lowest BCUT2D eigenvalue weighted by Gasteiger charge is -2.17. The van der Waals surface area contributed by atoms with E-state index in [1.165, 1.54) is 49.6 Å². The third-order valence-electron chi connectivity index (χ3n) is 5.96. The van der Waals surface area contributed by atoms with Gasteiger partial charge in [-0.1, -0.05) is 35.3 Å². The molecule has 2 nitrogen and oxygen atoms in total. The molecule has 0 saturated carbocycles. The third-order valence-corrected chi connectivity index (χ3v) is 11.4. The minimum atomic E-state index is 0.245. The zero-order valence-electron chi connectivity index (χ0n) is 22.0. The highest BCUT2D eigenvalue weighted by Gasteiger charge is 2.23. The van der Waals surface area contributed by atoms with Crippen LogP contribution in [0, 0.1) is 0 Å². The second-order valence-electron chi connectivity index (χ2n) is 8.70. The van der Waals surface area contributed by atoms with Crippen molar-refractivity contribution in [3.63, 3.8) is 0 Å². The minimum absolute atomic E-state index is 0.245. The van der Waals surface area contributed by atoms with Crippen LogP contribution in [0.2, 0.25) is 0 Å². The van der Waals surface area contributed by atoms with Crippen LogP contribution in [0.4, 0.5) is 0 Å². The quantitative estimate of drug-likeness (QED) is 0.107. The Bertz CT molecular complexity index is 1280. The van der Waals surface area contributed by atoms with Crippen LogP contribution in [0.15, 0.2) is 129 Å². The standard InChI is InChI=1S/C31H30O2S6/c1-34-22-4-10-25(11-5-22)37-28-16-30(38-26-12-6-23(35-2)7-13-26)29(20-32-18-21-19-33-21)31(17-28)39-27-14-8-24(36-3)9-15-27/h4-17,21H,18-20H2,1-3H3. The summed E-state index contributed by atoms with van der Waals surface area (Å²) in [5.41, 5.74) is 1.23. The Morgan fingerprint density at radius 3 is 1.36 bits per heavy atom. The largest absolute Gasteiger partial charge is 0.374 e. The number of rotatable bonds is 13. The lowest BCUT2D eigenvalue weighted by molar-refractivity contribution is 0.101. The van der Waals surface area contributed by atoms with Gasteiger partial charge < -0.3 is 9.47 Å². The Morgan fingerprint density at radius 2 is 0.974 bits per heavy atom. The number of hydrogen-bond donors (Lipinski definition) is 0. The van der Waals surface area contributed by atoms with E-state index >= 15 is 0 Å². The van der Waals surface area contributed by atoms with Gasteiger partial charge in [0.2, 0.25) is 0 Å². The molecule has 0 bridgehead atoms. The minimum Gasteiger partial charge on any atom is -0.374 e. The van der Waals surface area contributed by atoms with Crippen LogP contribution in [0.1, 0.15) is 5.56 Å². The number of epoxide rings is 1. The first kappa shape index (κ1) is 29.4. The third kappa shape index (κ3) is 8.69. The van der Waals surface area contributed by atoms with Crippen LogP contribution < -0.4 is 0 Å². The monoisotopic (exact) mass is 626 g/mol. The molecule has 1 saturated heterocycles. The highest BCUT2D eigenvalue weighted by atomic mass is 32.2. The predicted octanol–water partition coefficient (Wildman–Crippen LogP) is 10.2. The first-order valence-corrected chi connectivity index (χ1v) is 18.6. The van der Waals surface area contributed by atoms with Gasteiger partial charge in [-0.25, -0.2) is 0 Å². The van der Waals surface area contributed by atoms with E-state index in [2.05, 4.69) is 104 Å². The van der Waals surface area contributed by atoms with E-state index in [1.54, 1.807) is 35.3 Å². The van der Waals surface area contributed by atoms with Crippen LogP contribution in [0.25, 0.3) is 0 Å². The summed E-state index contributed by atoms with van der Waals surface area (Å²) in [7, 11) is 0. The molecule has 1 heterocycles. The van der Waals surface area contributed by atoms with Crippen LogP contribution >= 0.6 is 70.6 Å². The van der Waals surface area contributed by atoms with E-state index in [-0.39, 0.29) is 6.10 Å². The summed E-state index contributed by atoms with van der Waals surface area (Å²) >= 11 is 10.8. The summed E-state index contributed by atoms with van der Waals surface area (Å²) in [6, 6.07) is 31.1. The SMILES string of the molecule is CSc1ccc(Sc2cc(Sc3ccc(SC)cc3)c(COCC3CO3)c(Sc3ccc(SC)cc3)c2)cc1. The molecular formula is C31H30O2S6. The van der Waals surface area contributed by atoms with Gasteiger partial charge in [0.15, 0.2) is 0 Å². The molecule has 4 aromatic carbocycles. The molecule has 39 heavy (non-hydrogen) atoms. The molecule has 5 rings (SSSR count). The Balaban J connectivity index is 1.51. The van der Waals surface area contributed by atoms with E-state index in [1.807, 2.05) is 35.3 Å². The van der Waals surface area contributed by atoms with E-state index in [0.717, 1.165) is 6.61 Å². The fraction of sp³-hybridized carbons (Fsp3) is 0.226. The average molecular weight is 627 g/mol. The first-order chi connectivity index (χ1) is 19.1. The van der Waals surface area contributed by atoms with Gasteiger partial charge in [0.25, 0.3) is 0 Å². The van der Waals surface area contributed by atoms with Gasteiger partial charge in [-0.2, -0.15) is 0 Å². The summed E-state index contributed by atoms with van der Waals surface area (Å²) in [6.45, 7) is 2.00. The molecule has 0 aliphatic carbocycles. The maximum Gasteiger partial charge on any atom is 0.104 e. The highest BCUT2D eigenvalue weighted by molar-refractivity contribution is 8.01. The Hall–Kier alpha value is -1.10.